The van der Waals surface area contributed by atoms with E-state index in [1.165, 1.54) is 10.6 Å². The van der Waals surface area contributed by atoms with Crippen molar-refractivity contribution < 1.29 is 23.1 Å². The van der Waals surface area contributed by atoms with E-state index in [0.717, 1.165) is 5.56 Å². The number of fused-ring (bicyclic) bond motifs is 1. The highest BCUT2D eigenvalue weighted by Crippen LogP contribution is 2.30. The predicted molar refractivity (Wildman–Crippen MR) is 103 cm³/mol. The zero-order valence-electron chi connectivity index (χ0n) is 14.8. The molecule has 8 heteroatoms. The number of nitrogens with one attached hydrogen (secondary N) is 1. The van der Waals surface area contributed by atoms with Gasteiger partial charge in [-0.15, -0.1) is 0 Å². The van der Waals surface area contributed by atoms with E-state index in [0.29, 0.717) is 41.9 Å². The molecule has 1 amide bonds. The first kappa shape index (κ1) is 18.9. The number of rotatable bonds is 5. The van der Waals surface area contributed by atoms with Crippen LogP contribution in [-0.4, -0.2) is 38.2 Å². The molecule has 0 aromatic heterocycles. The molecule has 2 N–H and O–H groups in total. The lowest BCUT2D eigenvalue weighted by atomic mass is 10.0. The average molecular weight is 388 g/mol. The first-order chi connectivity index (χ1) is 12.7. The minimum Gasteiger partial charge on any atom is -0.481 e. The maximum atomic E-state index is 12.5. The zero-order valence-corrected chi connectivity index (χ0v) is 15.6. The van der Waals surface area contributed by atoms with Gasteiger partial charge in [0.1, 0.15) is 0 Å². The summed E-state index contributed by atoms with van der Waals surface area (Å²) < 4.78 is 25.2. The van der Waals surface area contributed by atoms with Gasteiger partial charge in [-0.1, -0.05) is 12.1 Å². The zero-order chi connectivity index (χ0) is 19.6. The van der Waals surface area contributed by atoms with Gasteiger partial charge in [-0.05, 0) is 54.3 Å². The second kappa shape index (κ2) is 7.40. The molecule has 0 saturated heterocycles. The number of benzene rings is 2. The van der Waals surface area contributed by atoms with Gasteiger partial charge in [0.15, 0.2) is 0 Å². The molecule has 2 aromatic carbocycles. The SMILES string of the molecule is CS(=O)(=O)N1CCCc2cc(C(=O)Nc3ccc(CC(=O)O)cc3)ccc21. The van der Waals surface area contributed by atoms with Gasteiger partial charge in [0.2, 0.25) is 10.0 Å². The number of hydrogen-bond acceptors (Lipinski definition) is 4. The highest BCUT2D eigenvalue weighted by atomic mass is 32.2. The summed E-state index contributed by atoms with van der Waals surface area (Å²) >= 11 is 0. The monoisotopic (exact) mass is 388 g/mol. The van der Waals surface area contributed by atoms with Crippen LogP contribution in [-0.2, 0) is 27.7 Å². The Labute approximate surface area is 157 Å². The van der Waals surface area contributed by atoms with Gasteiger partial charge in [-0.25, -0.2) is 8.42 Å². The van der Waals surface area contributed by atoms with Gasteiger partial charge in [-0.2, -0.15) is 0 Å². The van der Waals surface area contributed by atoms with Gasteiger partial charge in [-0.3, -0.25) is 13.9 Å². The molecule has 0 radical (unpaired) electrons. The Bertz CT molecular complexity index is 984. The molecule has 1 heterocycles. The molecule has 2 aromatic rings. The van der Waals surface area contributed by atoms with Gasteiger partial charge >= 0.3 is 5.97 Å². The van der Waals surface area contributed by atoms with E-state index in [2.05, 4.69) is 5.32 Å². The first-order valence-electron chi connectivity index (χ1n) is 8.47. The molecule has 0 aliphatic carbocycles. The molecule has 0 atom stereocenters. The summed E-state index contributed by atoms with van der Waals surface area (Å²) in [7, 11) is -3.34. The fourth-order valence-corrected chi connectivity index (χ4v) is 4.13. The molecule has 1 aliphatic rings. The van der Waals surface area contributed by atoms with Crippen LogP contribution in [0.5, 0.6) is 0 Å². The van der Waals surface area contributed by atoms with Crippen molar-refractivity contribution in [3.8, 4) is 0 Å². The van der Waals surface area contributed by atoms with Crippen LogP contribution in [0.15, 0.2) is 42.5 Å². The lowest BCUT2D eigenvalue weighted by Gasteiger charge is -2.29. The molecule has 1 aliphatic heterocycles. The lowest BCUT2D eigenvalue weighted by Crippen LogP contribution is -2.34. The third-order valence-corrected chi connectivity index (χ3v) is 5.57. The molecular formula is C19H20N2O5S. The minimum atomic E-state index is -3.34. The highest BCUT2D eigenvalue weighted by Gasteiger charge is 2.24. The number of anilines is 2. The van der Waals surface area contributed by atoms with Gasteiger partial charge in [0, 0.05) is 17.8 Å². The first-order valence-corrected chi connectivity index (χ1v) is 10.3. The summed E-state index contributed by atoms with van der Waals surface area (Å²) in [5, 5.41) is 11.6. The summed E-state index contributed by atoms with van der Waals surface area (Å²) in [5.41, 5.74) is 3.10. The number of carboxylic acid groups (broad SMARTS) is 1. The lowest BCUT2D eigenvalue weighted by molar-refractivity contribution is -0.136. The number of carbonyl (C=O) groups excluding carboxylic acids is 1. The number of sulfonamides is 1. The van der Waals surface area contributed by atoms with Crippen LogP contribution in [0.3, 0.4) is 0 Å². The standard InChI is InChI=1S/C19H20N2O5S/c1-27(25,26)21-10-2-3-14-12-15(6-9-17(14)21)19(24)20-16-7-4-13(5-8-16)11-18(22)23/h4-9,12H,2-3,10-11H2,1H3,(H,20,24)(H,22,23). The molecule has 0 saturated carbocycles. The van der Waals surface area contributed by atoms with Crippen LogP contribution in [0.1, 0.15) is 27.9 Å². The Morgan fingerprint density at radius 1 is 1.15 bits per heavy atom. The summed E-state index contributed by atoms with van der Waals surface area (Å²) in [5.74, 6) is -1.22. The van der Waals surface area contributed by atoms with Crippen LogP contribution < -0.4 is 9.62 Å². The van der Waals surface area contributed by atoms with Gasteiger partial charge in [0.05, 0.1) is 18.4 Å². The maximum Gasteiger partial charge on any atom is 0.307 e. The van der Waals surface area contributed by atoms with Crippen LogP contribution in [0.25, 0.3) is 0 Å². The number of hydrogen-bond donors (Lipinski definition) is 2. The van der Waals surface area contributed by atoms with Crippen molar-refractivity contribution in [1.29, 1.82) is 0 Å². The van der Waals surface area contributed by atoms with Crippen LogP contribution >= 0.6 is 0 Å². The summed E-state index contributed by atoms with van der Waals surface area (Å²) in [6, 6.07) is 11.6. The largest absolute Gasteiger partial charge is 0.481 e. The van der Waals surface area contributed by atoms with E-state index in [-0.39, 0.29) is 12.3 Å². The molecule has 0 fully saturated rings. The van der Waals surface area contributed by atoms with E-state index >= 15 is 0 Å². The predicted octanol–water partition coefficient (Wildman–Crippen LogP) is 2.28. The number of carbonyl (C=O) groups is 2. The summed E-state index contributed by atoms with van der Waals surface area (Å²) in [4.78, 5) is 23.2. The van der Waals surface area contributed by atoms with Crippen LogP contribution in [0, 0.1) is 0 Å². The van der Waals surface area contributed by atoms with Crippen molar-refractivity contribution in [2.45, 2.75) is 19.3 Å². The van der Waals surface area contributed by atoms with Crippen molar-refractivity contribution in [3.05, 3.63) is 59.2 Å². The third-order valence-electron chi connectivity index (χ3n) is 4.39. The Morgan fingerprint density at radius 3 is 2.48 bits per heavy atom. The molecule has 7 nitrogen and oxygen atoms in total. The Balaban J connectivity index is 1.77. The van der Waals surface area contributed by atoms with Crippen molar-refractivity contribution in [2.75, 3.05) is 22.4 Å². The second-order valence-electron chi connectivity index (χ2n) is 6.50. The quantitative estimate of drug-likeness (QED) is 0.818. The van der Waals surface area contributed by atoms with E-state index in [4.69, 9.17) is 5.11 Å². The number of amides is 1. The molecule has 0 unspecified atom stereocenters. The molecule has 0 bridgehead atoms. The second-order valence-corrected chi connectivity index (χ2v) is 8.41. The maximum absolute atomic E-state index is 12.5. The summed E-state index contributed by atoms with van der Waals surface area (Å²) in [6.07, 6.45) is 2.52. The Kier molecular flexibility index (Phi) is 5.18. The van der Waals surface area contributed by atoms with E-state index in [9.17, 15) is 18.0 Å². The van der Waals surface area contributed by atoms with E-state index < -0.39 is 16.0 Å². The number of aliphatic carboxylic acids is 1. The average Bonchev–Trinajstić information content (AvgIpc) is 2.61. The Morgan fingerprint density at radius 2 is 1.85 bits per heavy atom. The number of carboxylic acids is 1. The van der Waals surface area contributed by atoms with Gasteiger partial charge < -0.3 is 10.4 Å². The fraction of sp³-hybridized carbons (Fsp3) is 0.263. The Hall–Kier alpha value is -2.87. The van der Waals surface area contributed by atoms with Crippen molar-refractivity contribution >= 4 is 33.3 Å². The summed E-state index contributed by atoms with van der Waals surface area (Å²) in [6.45, 7) is 0.445. The number of nitrogens with zero attached hydrogens (tertiary/aromatic N) is 1. The molecule has 142 valence electrons. The normalized spacial score (nSPS) is 13.7. The van der Waals surface area contributed by atoms with Crippen molar-refractivity contribution in [1.82, 2.24) is 0 Å². The topological polar surface area (TPSA) is 104 Å². The molecular weight excluding hydrogens is 368 g/mol. The third kappa shape index (κ3) is 4.46. The molecule has 0 spiro atoms. The number of aryl methyl sites for hydroxylation is 1. The smallest absolute Gasteiger partial charge is 0.307 e. The highest BCUT2D eigenvalue weighted by molar-refractivity contribution is 7.92. The van der Waals surface area contributed by atoms with E-state index in [1.54, 1.807) is 42.5 Å². The van der Waals surface area contributed by atoms with Crippen molar-refractivity contribution in [3.63, 3.8) is 0 Å². The van der Waals surface area contributed by atoms with Crippen LogP contribution in [0.2, 0.25) is 0 Å². The fourth-order valence-electron chi connectivity index (χ4n) is 3.13. The van der Waals surface area contributed by atoms with Crippen LogP contribution in [0.4, 0.5) is 11.4 Å². The minimum absolute atomic E-state index is 0.0735. The van der Waals surface area contributed by atoms with E-state index in [1.807, 2.05) is 0 Å². The van der Waals surface area contributed by atoms with Gasteiger partial charge in [0.25, 0.3) is 5.91 Å². The van der Waals surface area contributed by atoms with Crippen molar-refractivity contribution in [2.24, 2.45) is 0 Å². The molecule has 27 heavy (non-hydrogen) atoms. The molecule has 3 rings (SSSR count).